The molecule has 2 aromatic rings. The van der Waals surface area contributed by atoms with E-state index < -0.39 is 55.7 Å². The van der Waals surface area contributed by atoms with Gasteiger partial charge in [-0.25, -0.2) is 17.2 Å². The van der Waals surface area contributed by atoms with E-state index in [1.54, 1.807) is 4.72 Å². The van der Waals surface area contributed by atoms with Crippen LogP contribution in [0.5, 0.6) is 0 Å². The molecule has 0 saturated heterocycles. The van der Waals surface area contributed by atoms with Crippen LogP contribution in [0, 0.1) is 11.6 Å². The Morgan fingerprint density at radius 2 is 1.23 bits per heavy atom. The lowest BCUT2D eigenvalue weighted by Crippen LogP contribution is -2.17. The molecule has 0 radical (unpaired) electrons. The molecule has 2 aromatic carbocycles. The van der Waals surface area contributed by atoms with Crippen LogP contribution in [0.15, 0.2) is 41.3 Å². The van der Waals surface area contributed by atoms with E-state index in [-0.39, 0.29) is 18.2 Å². The van der Waals surface area contributed by atoms with Crippen LogP contribution >= 0.6 is 0 Å². The van der Waals surface area contributed by atoms with Gasteiger partial charge in [-0.2, -0.15) is 26.3 Å². The molecule has 1 N–H and O–H groups in total. The third-order valence-electron chi connectivity index (χ3n) is 3.04. The van der Waals surface area contributed by atoms with E-state index in [9.17, 15) is 43.5 Å². The fourth-order valence-corrected chi connectivity index (χ4v) is 2.97. The largest absolute Gasteiger partial charge is 0.416 e. The van der Waals surface area contributed by atoms with Gasteiger partial charge in [0.1, 0.15) is 0 Å². The topological polar surface area (TPSA) is 46.2 Å². The van der Waals surface area contributed by atoms with E-state index in [0.717, 1.165) is 6.07 Å². The molecule has 0 fully saturated rings. The fourth-order valence-electron chi connectivity index (χ4n) is 1.86. The van der Waals surface area contributed by atoms with Gasteiger partial charge in [-0.05, 0) is 30.3 Å². The highest BCUT2D eigenvalue weighted by molar-refractivity contribution is 7.92. The fraction of sp³-hybridized carbons (Fsp3) is 0.143. The smallest absolute Gasteiger partial charge is 0.280 e. The quantitative estimate of drug-likeness (QED) is 0.746. The van der Waals surface area contributed by atoms with Gasteiger partial charge in [-0.1, -0.05) is 0 Å². The van der Waals surface area contributed by atoms with Crippen molar-refractivity contribution >= 4 is 15.7 Å². The normalized spacial score (nSPS) is 12.9. The highest BCUT2D eigenvalue weighted by Gasteiger charge is 2.38. The van der Waals surface area contributed by atoms with Crippen molar-refractivity contribution in [2.45, 2.75) is 17.2 Å². The minimum Gasteiger partial charge on any atom is -0.280 e. The van der Waals surface area contributed by atoms with Gasteiger partial charge in [-0.3, -0.25) is 4.72 Å². The SMILES string of the molecule is O=S(=O)(Nc1ccc(F)c(F)c1)c1cc(C(F)(F)F)cc(C(F)(F)F)c1. The Labute approximate surface area is 141 Å². The predicted octanol–water partition coefficient (Wildman–Crippen LogP) is 4.80. The monoisotopic (exact) mass is 405 g/mol. The Bertz CT molecular complexity index is 903. The summed E-state index contributed by atoms with van der Waals surface area (Å²) in [5.74, 6) is -2.79. The Morgan fingerprint density at radius 3 is 1.65 bits per heavy atom. The Morgan fingerprint density at radius 1 is 0.731 bits per heavy atom. The first kappa shape index (κ1) is 19.9. The molecular weight excluding hydrogens is 398 g/mol. The molecule has 2 rings (SSSR count). The van der Waals surface area contributed by atoms with Gasteiger partial charge >= 0.3 is 12.4 Å². The first-order valence-corrected chi connectivity index (χ1v) is 7.96. The van der Waals surface area contributed by atoms with Crippen LogP contribution in [-0.4, -0.2) is 8.42 Å². The summed E-state index contributed by atoms with van der Waals surface area (Å²) in [6, 6.07) is 1.41. The van der Waals surface area contributed by atoms with E-state index in [2.05, 4.69) is 0 Å². The van der Waals surface area contributed by atoms with E-state index in [0.29, 0.717) is 12.1 Å². The minimum absolute atomic E-state index is 0.00253. The average molecular weight is 405 g/mol. The van der Waals surface area contributed by atoms with Gasteiger partial charge in [0.25, 0.3) is 10.0 Å². The molecule has 0 heterocycles. The van der Waals surface area contributed by atoms with Crippen molar-refractivity contribution in [1.82, 2.24) is 0 Å². The number of sulfonamides is 1. The Balaban J connectivity index is 2.55. The van der Waals surface area contributed by atoms with Gasteiger partial charge < -0.3 is 0 Å². The predicted molar refractivity (Wildman–Crippen MR) is 73.6 cm³/mol. The summed E-state index contributed by atoms with van der Waals surface area (Å²) in [5.41, 5.74) is -4.26. The number of rotatable bonds is 3. The number of benzene rings is 2. The van der Waals surface area contributed by atoms with E-state index in [4.69, 9.17) is 0 Å². The zero-order valence-corrected chi connectivity index (χ0v) is 13.0. The van der Waals surface area contributed by atoms with Crippen molar-refractivity contribution < 1.29 is 43.5 Å². The summed E-state index contributed by atoms with van der Waals surface area (Å²) < 4.78 is 128. The molecule has 0 aliphatic rings. The first-order valence-electron chi connectivity index (χ1n) is 6.47. The van der Waals surface area contributed by atoms with Crippen molar-refractivity contribution in [2.24, 2.45) is 0 Å². The highest BCUT2D eigenvalue weighted by atomic mass is 32.2. The standard InChI is InChI=1S/C14H7F8NO2S/c15-11-2-1-9(6-12(11)16)23-26(24,25)10-4-7(13(17,18)19)3-8(5-10)14(20,21)22/h1-6,23H. The van der Waals surface area contributed by atoms with Crippen LogP contribution in [-0.2, 0) is 22.4 Å². The van der Waals surface area contributed by atoms with Crippen molar-refractivity contribution in [3.8, 4) is 0 Å². The number of hydrogen-bond acceptors (Lipinski definition) is 2. The summed E-state index contributed by atoms with van der Waals surface area (Å²) in [6.45, 7) is 0. The van der Waals surface area contributed by atoms with Crippen LogP contribution in [0.4, 0.5) is 40.8 Å². The molecule has 0 aliphatic heterocycles. The Hall–Kier alpha value is -2.37. The lowest BCUT2D eigenvalue weighted by atomic mass is 10.1. The van der Waals surface area contributed by atoms with Gasteiger partial charge in [-0.15, -0.1) is 0 Å². The third kappa shape index (κ3) is 4.42. The molecule has 26 heavy (non-hydrogen) atoms. The maximum absolute atomic E-state index is 13.1. The van der Waals surface area contributed by atoms with Crippen LogP contribution < -0.4 is 4.72 Å². The summed E-state index contributed by atoms with van der Waals surface area (Å²) in [7, 11) is -4.95. The van der Waals surface area contributed by atoms with Gasteiger partial charge in [0, 0.05) is 6.07 Å². The van der Waals surface area contributed by atoms with Crippen molar-refractivity contribution in [3.05, 3.63) is 59.2 Å². The lowest BCUT2D eigenvalue weighted by Gasteiger charge is -2.15. The van der Waals surface area contributed by atoms with Gasteiger partial charge in [0.15, 0.2) is 11.6 Å². The molecule has 0 amide bonds. The summed E-state index contributed by atoms with van der Waals surface area (Å²) in [4.78, 5) is -1.34. The Kier molecular flexibility index (Phi) is 4.92. The summed E-state index contributed by atoms with van der Waals surface area (Å²) in [5, 5.41) is 0. The summed E-state index contributed by atoms with van der Waals surface area (Å²) >= 11 is 0. The third-order valence-corrected chi connectivity index (χ3v) is 4.40. The second kappa shape index (κ2) is 6.41. The molecule has 0 atom stereocenters. The molecule has 0 bridgehead atoms. The maximum Gasteiger partial charge on any atom is 0.416 e. The zero-order chi connectivity index (χ0) is 19.9. The lowest BCUT2D eigenvalue weighted by molar-refractivity contribution is -0.143. The highest BCUT2D eigenvalue weighted by Crippen LogP contribution is 2.37. The number of nitrogens with one attached hydrogen (secondary N) is 1. The maximum atomic E-state index is 13.1. The van der Waals surface area contributed by atoms with Crippen LogP contribution in [0.25, 0.3) is 0 Å². The molecule has 0 unspecified atom stereocenters. The second-order valence-electron chi connectivity index (χ2n) is 4.98. The molecular formula is C14H7F8NO2S. The number of alkyl halides is 6. The number of anilines is 1. The van der Waals surface area contributed by atoms with Crippen molar-refractivity contribution in [1.29, 1.82) is 0 Å². The molecule has 0 aromatic heterocycles. The minimum atomic E-state index is -5.24. The van der Waals surface area contributed by atoms with E-state index in [1.165, 1.54) is 0 Å². The van der Waals surface area contributed by atoms with Gasteiger partial charge in [0.2, 0.25) is 0 Å². The molecule has 142 valence electrons. The molecule has 0 aliphatic carbocycles. The van der Waals surface area contributed by atoms with E-state index >= 15 is 0 Å². The summed E-state index contributed by atoms with van der Waals surface area (Å²) in [6.07, 6.45) is -10.5. The number of hydrogen-bond donors (Lipinski definition) is 1. The van der Waals surface area contributed by atoms with Crippen molar-refractivity contribution in [2.75, 3.05) is 4.72 Å². The van der Waals surface area contributed by atoms with Crippen LogP contribution in [0.1, 0.15) is 11.1 Å². The van der Waals surface area contributed by atoms with Crippen LogP contribution in [0.2, 0.25) is 0 Å². The molecule has 12 heteroatoms. The van der Waals surface area contributed by atoms with Crippen LogP contribution in [0.3, 0.4) is 0 Å². The number of halogens is 8. The molecule has 0 spiro atoms. The second-order valence-corrected chi connectivity index (χ2v) is 6.66. The van der Waals surface area contributed by atoms with E-state index in [1.807, 2.05) is 0 Å². The molecule has 3 nitrogen and oxygen atoms in total. The average Bonchev–Trinajstić information content (AvgIpc) is 2.48. The van der Waals surface area contributed by atoms with Crippen molar-refractivity contribution in [3.63, 3.8) is 0 Å². The molecule has 0 saturated carbocycles. The first-order chi connectivity index (χ1) is 11.7. The zero-order valence-electron chi connectivity index (χ0n) is 12.2. The van der Waals surface area contributed by atoms with Gasteiger partial charge in [0.05, 0.1) is 21.7 Å².